The van der Waals surface area contributed by atoms with Gasteiger partial charge in [-0.2, -0.15) is 0 Å². The van der Waals surface area contributed by atoms with E-state index in [0.29, 0.717) is 12.1 Å². The summed E-state index contributed by atoms with van der Waals surface area (Å²) in [6.07, 6.45) is 0.321. The van der Waals surface area contributed by atoms with E-state index in [9.17, 15) is 14.4 Å². The maximum Gasteiger partial charge on any atom is 0.250 e. The van der Waals surface area contributed by atoms with Crippen molar-refractivity contribution in [2.24, 2.45) is 5.73 Å². The van der Waals surface area contributed by atoms with Gasteiger partial charge in [-0.1, -0.05) is 48.5 Å². The van der Waals surface area contributed by atoms with Gasteiger partial charge in [0.05, 0.1) is 0 Å². The summed E-state index contributed by atoms with van der Waals surface area (Å²) in [6, 6.07) is 17.3. The molecule has 0 aliphatic heterocycles. The fourth-order valence-electron chi connectivity index (χ4n) is 2.54. The van der Waals surface area contributed by atoms with Gasteiger partial charge in [0.2, 0.25) is 17.7 Å². The molecular weight excluding hydrogens is 318 g/mol. The van der Waals surface area contributed by atoms with Crippen molar-refractivity contribution in [2.75, 3.05) is 11.4 Å². The predicted molar refractivity (Wildman–Crippen MR) is 95.7 cm³/mol. The molecule has 2 rings (SSSR count). The van der Waals surface area contributed by atoms with Gasteiger partial charge >= 0.3 is 0 Å². The number of nitrogens with one attached hydrogen (secondary N) is 1. The number of nitrogens with two attached hydrogens (primary N) is 1. The zero-order valence-electron chi connectivity index (χ0n) is 14.0. The minimum atomic E-state index is -0.792. The first-order valence-corrected chi connectivity index (χ1v) is 7.93. The number of primary amides is 1. The van der Waals surface area contributed by atoms with Crippen molar-refractivity contribution in [2.45, 2.75) is 19.4 Å². The molecule has 3 N–H and O–H groups in total. The summed E-state index contributed by atoms with van der Waals surface area (Å²) in [7, 11) is 0. The molecule has 3 amide bonds. The maximum atomic E-state index is 13.0. The van der Waals surface area contributed by atoms with Crippen molar-refractivity contribution in [3.8, 4) is 0 Å². The molecule has 0 aliphatic rings. The lowest BCUT2D eigenvalue weighted by atomic mass is 10.0. The highest BCUT2D eigenvalue weighted by Gasteiger charge is 2.27. The summed E-state index contributed by atoms with van der Waals surface area (Å²) >= 11 is 0. The largest absolute Gasteiger partial charge is 0.368 e. The SMILES string of the molecule is CC(=O)NC(Cc1ccccc1)C(=O)N(CC(N)=O)c1ccccc1. The van der Waals surface area contributed by atoms with Gasteiger partial charge in [-0.15, -0.1) is 0 Å². The number of benzene rings is 2. The smallest absolute Gasteiger partial charge is 0.250 e. The lowest BCUT2D eigenvalue weighted by molar-refractivity contribution is -0.127. The van der Waals surface area contributed by atoms with Crippen LogP contribution in [0.4, 0.5) is 5.69 Å². The molecule has 6 heteroatoms. The van der Waals surface area contributed by atoms with Crippen molar-refractivity contribution in [1.82, 2.24) is 5.32 Å². The molecule has 0 radical (unpaired) electrons. The van der Waals surface area contributed by atoms with Crippen LogP contribution in [0.15, 0.2) is 60.7 Å². The van der Waals surface area contributed by atoms with Crippen LogP contribution in [0.3, 0.4) is 0 Å². The van der Waals surface area contributed by atoms with Crippen LogP contribution < -0.4 is 16.0 Å². The van der Waals surface area contributed by atoms with Gasteiger partial charge in [0.1, 0.15) is 12.6 Å². The van der Waals surface area contributed by atoms with Crippen LogP contribution in [-0.4, -0.2) is 30.3 Å². The molecule has 0 saturated carbocycles. The molecule has 0 bridgehead atoms. The summed E-state index contributed by atoms with van der Waals surface area (Å²) in [5.74, 6) is -1.33. The van der Waals surface area contributed by atoms with E-state index in [4.69, 9.17) is 5.73 Å². The van der Waals surface area contributed by atoms with Gasteiger partial charge in [-0.25, -0.2) is 0 Å². The summed E-state index contributed by atoms with van der Waals surface area (Å²) < 4.78 is 0. The third-order valence-corrected chi connectivity index (χ3v) is 3.61. The highest BCUT2D eigenvalue weighted by molar-refractivity contribution is 6.02. The Morgan fingerprint density at radius 3 is 2.08 bits per heavy atom. The minimum absolute atomic E-state index is 0.256. The third-order valence-electron chi connectivity index (χ3n) is 3.61. The number of para-hydroxylation sites is 1. The zero-order chi connectivity index (χ0) is 18.2. The summed E-state index contributed by atoms with van der Waals surface area (Å²) in [5, 5.41) is 2.67. The monoisotopic (exact) mass is 339 g/mol. The Morgan fingerprint density at radius 2 is 1.56 bits per heavy atom. The fourth-order valence-corrected chi connectivity index (χ4v) is 2.54. The molecule has 0 heterocycles. The van der Waals surface area contributed by atoms with Crippen LogP contribution in [0.25, 0.3) is 0 Å². The van der Waals surface area contributed by atoms with Gasteiger partial charge < -0.3 is 16.0 Å². The normalized spacial score (nSPS) is 11.4. The van der Waals surface area contributed by atoms with Crippen molar-refractivity contribution in [1.29, 1.82) is 0 Å². The molecular formula is C19H21N3O3. The van der Waals surface area contributed by atoms with E-state index in [2.05, 4.69) is 5.32 Å². The molecule has 6 nitrogen and oxygen atoms in total. The molecule has 0 fully saturated rings. The molecule has 0 spiro atoms. The van der Waals surface area contributed by atoms with Gasteiger partial charge in [0.25, 0.3) is 0 Å². The number of nitrogens with zero attached hydrogens (tertiary/aromatic N) is 1. The number of hydrogen-bond donors (Lipinski definition) is 2. The zero-order valence-corrected chi connectivity index (χ0v) is 14.0. The van der Waals surface area contributed by atoms with Crippen molar-refractivity contribution in [3.05, 3.63) is 66.2 Å². The van der Waals surface area contributed by atoms with Crippen LogP contribution in [0.5, 0.6) is 0 Å². The number of amides is 3. The Labute approximate surface area is 146 Å². The fraction of sp³-hybridized carbons (Fsp3) is 0.211. The average molecular weight is 339 g/mol. The third kappa shape index (κ3) is 5.46. The Bertz CT molecular complexity index is 732. The first-order valence-electron chi connectivity index (χ1n) is 7.93. The number of carbonyl (C=O) groups is 3. The Balaban J connectivity index is 2.30. The highest BCUT2D eigenvalue weighted by Crippen LogP contribution is 2.16. The number of rotatable bonds is 7. The molecule has 130 valence electrons. The van der Waals surface area contributed by atoms with Crippen LogP contribution in [0, 0.1) is 0 Å². The lowest BCUT2D eigenvalue weighted by Gasteiger charge is -2.27. The van der Waals surface area contributed by atoms with E-state index in [-0.39, 0.29) is 18.4 Å². The second-order valence-electron chi connectivity index (χ2n) is 5.67. The molecule has 1 unspecified atom stereocenters. The molecule has 2 aromatic carbocycles. The van der Waals surface area contributed by atoms with Crippen molar-refractivity contribution < 1.29 is 14.4 Å². The van der Waals surface area contributed by atoms with Gasteiger partial charge in [0, 0.05) is 19.0 Å². The Morgan fingerprint density at radius 1 is 1.00 bits per heavy atom. The standard InChI is InChI=1S/C19H21N3O3/c1-14(23)21-17(12-15-8-4-2-5-9-15)19(25)22(13-18(20)24)16-10-6-3-7-11-16/h2-11,17H,12-13H2,1H3,(H2,20,24)(H,21,23). The highest BCUT2D eigenvalue weighted by atomic mass is 16.2. The average Bonchev–Trinajstić information content (AvgIpc) is 2.59. The van der Waals surface area contributed by atoms with E-state index < -0.39 is 11.9 Å². The Hall–Kier alpha value is -3.15. The van der Waals surface area contributed by atoms with Gasteiger partial charge in [-0.3, -0.25) is 14.4 Å². The summed E-state index contributed by atoms with van der Waals surface area (Å²) in [5.41, 5.74) is 6.76. The number of hydrogen-bond acceptors (Lipinski definition) is 3. The summed E-state index contributed by atoms with van der Waals surface area (Å²) in [6.45, 7) is 1.10. The van der Waals surface area contributed by atoms with Crippen LogP contribution in [-0.2, 0) is 20.8 Å². The number of anilines is 1. The van der Waals surface area contributed by atoms with E-state index >= 15 is 0 Å². The second kappa shape index (κ2) is 8.63. The predicted octanol–water partition coefficient (Wildman–Crippen LogP) is 1.25. The number of carbonyl (C=O) groups excluding carboxylic acids is 3. The van der Waals surface area contributed by atoms with Crippen LogP contribution in [0.2, 0.25) is 0 Å². The summed E-state index contributed by atoms with van der Waals surface area (Å²) in [4.78, 5) is 37.3. The Kier molecular flexibility index (Phi) is 6.28. The lowest BCUT2D eigenvalue weighted by Crippen LogP contribution is -2.51. The molecule has 2 aromatic rings. The molecule has 0 saturated heterocycles. The first kappa shape index (κ1) is 18.2. The van der Waals surface area contributed by atoms with E-state index in [1.807, 2.05) is 36.4 Å². The van der Waals surface area contributed by atoms with Crippen molar-refractivity contribution in [3.63, 3.8) is 0 Å². The van der Waals surface area contributed by atoms with Crippen molar-refractivity contribution >= 4 is 23.4 Å². The minimum Gasteiger partial charge on any atom is -0.368 e. The van der Waals surface area contributed by atoms with Crippen LogP contribution in [0.1, 0.15) is 12.5 Å². The first-order chi connectivity index (χ1) is 12.0. The molecule has 25 heavy (non-hydrogen) atoms. The van der Waals surface area contributed by atoms with E-state index in [0.717, 1.165) is 5.56 Å². The van der Waals surface area contributed by atoms with Gasteiger partial charge in [0.15, 0.2) is 0 Å². The maximum absolute atomic E-state index is 13.0. The molecule has 0 aromatic heterocycles. The molecule has 0 aliphatic carbocycles. The second-order valence-corrected chi connectivity index (χ2v) is 5.67. The molecule has 1 atom stereocenters. The van der Waals surface area contributed by atoms with Gasteiger partial charge in [-0.05, 0) is 17.7 Å². The van der Waals surface area contributed by atoms with Crippen LogP contribution >= 0.6 is 0 Å². The van der Waals surface area contributed by atoms with E-state index in [1.54, 1.807) is 24.3 Å². The quantitative estimate of drug-likeness (QED) is 0.795. The van der Waals surface area contributed by atoms with E-state index in [1.165, 1.54) is 11.8 Å². The topological polar surface area (TPSA) is 92.5 Å².